The van der Waals surface area contributed by atoms with Crippen LogP contribution in [0, 0.1) is 5.41 Å². The van der Waals surface area contributed by atoms with Crippen molar-refractivity contribution in [1.82, 2.24) is 14.5 Å². The minimum Gasteiger partial charge on any atom is -0.396 e. The Balaban J connectivity index is 2.17. The van der Waals surface area contributed by atoms with Crippen LogP contribution in [0.4, 0.5) is 0 Å². The SMILES string of the molecule is CC(C)(CO)Cn1cnc(-c2cccnc2)c1. The van der Waals surface area contributed by atoms with Crippen LogP contribution in [0.25, 0.3) is 11.3 Å². The van der Waals surface area contributed by atoms with Crippen molar-refractivity contribution in [3.05, 3.63) is 37.1 Å². The summed E-state index contributed by atoms with van der Waals surface area (Å²) >= 11 is 0. The maximum absolute atomic E-state index is 9.24. The van der Waals surface area contributed by atoms with E-state index in [0.717, 1.165) is 17.8 Å². The number of hydrogen-bond acceptors (Lipinski definition) is 3. The highest BCUT2D eigenvalue weighted by Crippen LogP contribution is 2.20. The molecule has 2 aromatic heterocycles. The summed E-state index contributed by atoms with van der Waals surface area (Å²) in [7, 11) is 0. The smallest absolute Gasteiger partial charge is 0.0953 e. The molecule has 90 valence electrons. The van der Waals surface area contributed by atoms with Gasteiger partial charge in [-0.15, -0.1) is 0 Å². The van der Waals surface area contributed by atoms with E-state index in [0.29, 0.717) is 0 Å². The van der Waals surface area contributed by atoms with E-state index >= 15 is 0 Å². The Morgan fingerprint density at radius 1 is 1.41 bits per heavy atom. The molecule has 4 nitrogen and oxygen atoms in total. The molecule has 2 rings (SSSR count). The number of imidazole rings is 1. The molecule has 2 aromatic rings. The highest BCUT2D eigenvalue weighted by Gasteiger charge is 2.17. The van der Waals surface area contributed by atoms with Crippen LogP contribution in [0.3, 0.4) is 0 Å². The summed E-state index contributed by atoms with van der Waals surface area (Å²) < 4.78 is 2.00. The Morgan fingerprint density at radius 2 is 2.24 bits per heavy atom. The lowest BCUT2D eigenvalue weighted by molar-refractivity contribution is 0.141. The van der Waals surface area contributed by atoms with E-state index < -0.39 is 0 Å². The van der Waals surface area contributed by atoms with Gasteiger partial charge in [0.25, 0.3) is 0 Å². The van der Waals surface area contributed by atoms with Gasteiger partial charge < -0.3 is 9.67 Å². The summed E-state index contributed by atoms with van der Waals surface area (Å²) in [6, 6.07) is 3.88. The minimum absolute atomic E-state index is 0.132. The van der Waals surface area contributed by atoms with Crippen molar-refractivity contribution in [3.8, 4) is 11.3 Å². The molecule has 17 heavy (non-hydrogen) atoms. The predicted molar refractivity (Wildman–Crippen MR) is 66.3 cm³/mol. The van der Waals surface area contributed by atoms with Crippen LogP contribution >= 0.6 is 0 Å². The maximum Gasteiger partial charge on any atom is 0.0953 e. The molecule has 0 fully saturated rings. The molecule has 0 atom stereocenters. The number of aliphatic hydroxyl groups is 1. The molecule has 2 heterocycles. The van der Waals surface area contributed by atoms with Gasteiger partial charge in [-0.3, -0.25) is 4.98 Å². The lowest BCUT2D eigenvalue weighted by Crippen LogP contribution is -2.22. The van der Waals surface area contributed by atoms with E-state index in [1.54, 1.807) is 18.7 Å². The van der Waals surface area contributed by atoms with E-state index in [1.807, 2.05) is 36.7 Å². The first-order valence-corrected chi connectivity index (χ1v) is 5.64. The topological polar surface area (TPSA) is 50.9 Å². The Kier molecular flexibility index (Phi) is 3.24. The predicted octanol–water partition coefficient (Wildman–Crippen LogP) is 1.96. The number of aromatic nitrogens is 3. The number of nitrogens with zero attached hydrogens (tertiary/aromatic N) is 3. The van der Waals surface area contributed by atoms with Gasteiger partial charge in [-0.1, -0.05) is 13.8 Å². The zero-order valence-electron chi connectivity index (χ0n) is 10.2. The summed E-state index contributed by atoms with van der Waals surface area (Å²) in [4.78, 5) is 8.42. The summed E-state index contributed by atoms with van der Waals surface area (Å²) in [5.74, 6) is 0. The molecule has 0 unspecified atom stereocenters. The molecule has 1 N–H and O–H groups in total. The van der Waals surface area contributed by atoms with Gasteiger partial charge in [-0.05, 0) is 12.1 Å². The molecule has 0 saturated heterocycles. The fraction of sp³-hybridized carbons (Fsp3) is 0.385. The lowest BCUT2D eigenvalue weighted by Gasteiger charge is -2.21. The second-order valence-electron chi connectivity index (χ2n) is 5.00. The normalized spacial score (nSPS) is 11.7. The monoisotopic (exact) mass is 231 g/mol. The fourth-order valence-corrected chi connectivity index (χ4v) is 1.65. The molecule has 4 heteroatoms. The zero-order valence-corrected chi connectivity index (χ0v) is 10.2. The number of pyridine rings is 1. The Bertz CT molecular complexity index is 476. The number of rotatable bonds is 4. The van der Waals surface area contributed by atoms with Crippen molar-refractivity contribution in [2.24, 2.45) is 5.41 Å². The van der Waals surface area contributed by atoms with Crippen LogP contribution in [-0.2, 0) is 6.54 Å². The summed E-state index contributed by atoms with van der Waals surface area (Å²) in [6.07, 6.45) is 7.31. The first kappa shape index (κ1) is 11.8. The summed E-state index contributed by atoms with van der Waals surface area (Å²) in [5.41, 5.74) is 1.78. The van der Waals surface area contributed by atoms with E-state index in [1.165, 1.54) is 0 Å². The fourth-order valence-electron chi connectivity index (χ4n) is 1.65. The van der Waals surface area contributed by atoms with E-state index in [2.05, 4.69) is 9.97 Å². The van der Waals surface area contributed by atoms with Crippen LogP contribution in [0.15, 0.2) is 37.1 Å². The third-order valence-electron chi connectivity index (χ3n) is 2.63. The quantitative estimate of drug-likeness (QED) is 0.875. The molecule has 0 aliphatic rings. The van der Waals surface area contributed by atoms with Crippen molar-refractivity contribution in [2.45, 2.75) is 20.4 Å². The standard InChI is InChI=1S/C13H17N3O/c1-13(2,9-17)8-16-7-12(15-10-16)11-4-3-5-14-6-11/h3-7,10,17H,8-9H2,1-2H3. The average molecular weight is 231 g/mol. The van der Waals surface area contributed by atoms with E-state index in [-0.39, 0.29) is 12.0 Å². The first-order valence-electron chi connectivity index (χ1n) is 5.64. The van der Waals surface area contributed by atoms with E-state index in [4.69, 9.17) is 0 Å². The van der Waals surface area contributed by atoms with Crippen LogP contribution in [0.2, 0.25) is 0 Å². The second-order valence-corrected chi connectivity index (χ2v) is 5.00. The Morgan fingerprint density at radius 3 is 2.88 bits per heavy atom. The highest BCUT2D eigenvalue weighted by atomic mass is 16.3. The Labute approximate surface area is 101 Å². The highest BCUT2D eigenvalue weighted by molar-refractivity contribution is 5.56. The molecule has 0 aliphatic carbocycles. The molecule has 0 amide bonds. The van der Waals surface area contributed by atoms with E-state index in [9.17, 15) is 5.11 Å². The molecule has 0 spiro atoms. The van der Waals surface area contributed by atoms with Crippen molar-refractivity contribution in [2.75, 3.05) is 6.61 Å². The van der Waals surface area contributed by atoms with Crippen LogP contribution in [0.1, 0.15) is 13.8 Å². The molecule has 0 saturated carbocycles. The second kappa shape index (κ2) is 4.67. The van der Waals surface area contributed by atoms with Crippen molar-refractivity contribution in [3.63, 3.8) is 0 Å². The van der Waals surface area contributed by atoms with Crippen molar-refractivity contribution in [1.29, 1.82) is 0 Å². The molecular weight excluding hydrogens is 214 g/mol. The minimum atomic E-state index is -0.132. The molecule has 0 aromatic carbocycles. The number of aliphatic hydroxyl groups excluding tert-OH is 1. The van der Waals surface area contributed by atoms with Gasteiger partial charge in [0.1, 0.15) is 0 Å². The molecule has 0 bridgehead atoms. The van der Waals surface area contributed by atoms with Crippen molar-refractivity contribution < 1.29 is 5.11 Å². The van der Waals surface area contributed by atoms with Gasteiger partial charge in [0, 0.05) is 42.7 Å². The van der Waals surface area contributed by atoms with Crippen molar-refractivity contribution >= 4 is 0 Å². The summed E-state index contributed by atoms with van der Waals surface area (Å²) in [5, 5.41) is 9.24. The zero-order chi connectivity index (χ0) is 12.3. The molecular formula is C13H17N3O. The maximum atomic E-state index is 9.24. The molecule has 0 radical (unpaired) electrons. The van der Waals surface area contributed by atoms with Gasteiger partial charge in [0.2, 0.25) is 0 Å². The van der Waals surface area contributed by atoms with Crippen LogP contribution in [-0.4, -0.2) is 26.2 Å². The largest absolute Gasteiger partial charge is 0.396 e. The third-order valence-corrected chi connectivity index (χ3v) is 2.63. The first-order chi connectivity index (χ1) is 8.11. The van der Waals surface area contributed by atoms with Gasteiger partial charge in [-0.2, -0.15) is 0 Å². The van der Waals surface area contributed by atoms with Gasteiger partial charge in [0.05, 0.1) is 12.0 Å². The number of hydrogen-bond donors (Lipinski definition) is 1. The van der Waals surface area contributed by atoms with Gasteiger partial charge >= 0.3 is 0 Å². The average Bonchev–Trinajstić information content (AvgIpc) is 2.78. The van der Waals surface area contributed by atoms with Crippen LogP contribution in [0.5, 0.6) is 0 Å². The van der Waals surface area contributed by atoms with Crippen LogP contribution < -0.4 is 0 Å². The third kappa shape index (κ3) is 2.91. The van der Waals surface area contributed by atoms with Gasteiger partial charge in [0.15, 0.2) is 0 Å². The lowest BCUT2D eigenvalue weighted by atomic mass is 9.95. The summed E-state index contributed by atoms with van der Waals surface area (Å²) in [6.45, 7) is 4.96. The van der Waals surface area contributed by atoms with Gasteiger partial charge in [-0.25, -0.2) is 4.98 Å². The molecule has 0 aliphatic heterocycles. The Hall–Kier alpha value is -1.68.